The molecule has 0 bridgehead atoms. The summed E-state index contributed by atoms with van der Waals surface area (Å²) in [5, 5.41) is 14.9. The van der Waals surface area contributed by atoms with Gasteiger partial charge in [0, 0.05) is 24.9 Å². The predicted molar refractivity (Wildman–Crippen MR) is 118 cm³/mol. The maximum Gasteiger partial charge on any atom is 0.303 e. The van der Waals surface area contributed by atoms with Crippen LogP contribution in [0, 0.1) is 6.92 Å². The second-order valence-electron chi connectivity index (χ2n) is 7.56. The van der Waals surface area contributed by atoms with Crippen molar-refractivity contribution in [2.75, 3.05) is 11.0 Å². The molecular formula is C22H25N3O5S. The molecule has 31 heavy (non-hydrogen) atoms. The van der Waals surface area contributed by atoms with E-state index < -0.39 is 16.0 Å². The molecule has 0 spiro atoms. The van der Waals surface area contributed by atoms with E-state index >= 15 is 0 Å². The van der Waals surface area contributed by atoms with Crippen molar-refractivity contribution in [2.45, 2.75) is 38.6 Å². The average molecular weight is 444 g/mol. The van der Waals surface area contributed by atoms with Crippen LogP contribution in [0.3, 0.4) is 0 Å². The average Bonchev–Trinajstić information content (AvgIpc) is 3.12. The number of amides is 1. The van der Waals surface area contributed by atoms with Gasteiger partial charge in [0.05, 0.1) is 18.0 Å². The van der Waals surface area contributed by atoms with Crippen molar-refractivity contribution in [3.05, 3.63) is 65.2 Å². The summed E-state index contributed by atoms with van der Waals surface area (Å²) in [6.45, 7) is 1.98. The molecule has 1 aliphatic heterocycles. The Morgan fingerprint density at radius 1 is 1.13 bits per heavy atom. The third-order valence-corrected chi connectivity index (χ3v) is 5.62. The molecule has 9 heteroatoms. The largest absolute Gasteiger partial charge is 0.481 e. The third-order valence-electron chi connectivity index (χ3n) is 5.02. The fourth-order valence-electron chi connectivity index (χ4n) is 3.57. The molecule has 0 saturated heterocycles. The van der Waals surface area contributed by atoms with Gasteiger partial charge >= 0.3 is 5.97 Å². The zero-order valence-corrected chi connectivity index (χ0v) is 18.2. The zero-order chi connectivity index (χ0) is 22.6. The van der Waals surface area contributed by atoms with E-state index in [-0.39, 0.29) is 31.2 Å². The number of rotatable bonds is 8. The molecule has 1 aliphatic rings. The summed E-state index contributed by atoms with van der Waals surface area (Å²) >= 11 is 0. The second kappa shape index (κ2) is 9.30. The number of benzene rings is 2. The van der Waals surface area contributed by atoms with Crippen LogP contribution >= 0.6 is 0 Å². The molecule has 0 aliphatic carbocycles. The summed E-state index contributed by atoms with van der Waals surface area (Å²) in [6.07, 6.45) is 1.88. The van der Waals surface area contributed by atoms with Gasteiger partial charge in [-0.15, -0.1) is 0 Å². The molecule has 2 aromatic rings. The van der Waals surface area contributed by atoms with Crippen molar-refractivity contribution in [3.63, 3.8) is 0 Å². The SMILES string of the molecule is Cc1ccccc1[C@H]1CC(c2ccc(NS(C)(=O)=O)cc2)=NN1C(=O)CCCC(=O)O. The summed E-state index contributed by atoms with van der Waals surface area (Å²) in [5.41, 5.74) is 3.98. The Morgan fingerprint density at radius 2 is 1.81 bits per heavy atom. The first-order valence-electron chi connectivity index (χ1n) is 9.89. The van der Waals surface area contributed by atoms with E-state index in [4.69, 9.17) is 5.11 Å². The Hall–Kier alpha value is -3.20. The number of hydrazone groups is 1. The van der Waals surface area contributed by atoms with Crippen molar-refractivity contribution < 1.29 is 23.1 Å². The highest BCUT2D eigenvalue weighted by Gasteiger charge is 2.33. The molecule has 164 valence electrons. The predicted octanol–water partition coefficient (Wildman–Crippen LogP) is 3.30. The van der Waals surface area contributed by atoms with E-state index in [1.54, 1.807) is 24.3 Å². The lowest BCUT2D eigenvalue weighted by atomic mass is 9.95. The molecule has 1 atom stereocenters. The molecule has 0 saturated carbocycles. The van der Waals surface area contributed by atoms with Gasteiger partial charge in [0.2, 0.25) is 15.9 Å². The van der Waals surface area contributed by atoms with E-state index in [0.29, 0.717) is 17.8 Å². The quantitative estimate of drug-likeness (QED) is 0.649. The number of nitrogens with one attached hydrogen (secondary N) is 1. The molecule has 2 N–H and O–H groups in total. The van der Waals surface area contributed by atoms with Gasteiger partial charge in [-0.1, -0.05) is 36.4 Å². The molecule has 1 amide bonds. The molecule has 0 unspecified atom stereocenters. The van der Waals surface area contributed by atoms with E-state index in [0.717, 1.165) is 22.9 Å². The highest BCUT2D eigenvalue weighted by atomic mass is 32.2. The van der Waals surface area contributed by atoms with Crippen LogP contribution in [0.5, 0.6) is 0 Å². The van der Waals surface area contributed by atoms with Crippen molar-refractivity contribution >= 4 is 33.3 Å². The first kappa shape index (κ1) is 22.5. The van der Waals surface area contributed by atoms with Gasteiger partial charge in [-0.3, -0.25) is 14.3 Å². The monoisotopic (exact) mass is 443 g/mol. The van der Waals surface area contributed by atoms with Gasteiger partial charge in [-0.2, -0.15) is 5.10 Å². The molecule has 0 aromatic heterocycles. The number of hydrogen-bond donors (Lipinski definition) is 2. The Balaban J connectivity index is 1.86. The van der Waals surface area contributed by atoms with Gasteiger partial charge in [-0.25, -0.2) is 13.4 Å². The van der Waals surface area contributed by atoms with E-state index in [1.165, 1.54) is 5.01 Å². The first-order valence-corrected chi connectivity index (χ1v) is 11.8. The molecule has 3 rings (SSSR count). The number of anilines is 1. The molecule has 8 nitrogen and oxygen atoms in total. The summed E-state index contributed by atoms with van der Waals surface area (Å²) in [4.78, 5) is 23.6. The summed E-state index contributed by atoms with van der Waals surface area (Å²) in [6, 6.07) is 14.3. The Kier molecular flexibility index (Phi) is 6.74. The number of carboxylic acids is 1. The van der Waals surface area contributed by atoms with Crippen LogP contribution in [0.25, 0.3) is 0 Å². The summed E-state index contributed by atoms with van der Waals surface area (Å²) in [5.74, 6) is -1.16. The van der Waals surface area contributed by atoms with Crippen LogP contribution in [-0.2, 0) is 19.6 Å². The van der Waals surface area contributed by atoms with Crippen molar-refractivity contribution in [2.24, 2.45) is 5.10 Å². The lowest BCUT2D eigenvalue weighted by Crippen LogP contribution is -2.27. The maximum absolute atomic E-state index is 12.9. The van der Waals surface area contributed by atoms with Gasteiger partial charge in [-0.05, 0) is 42.2 Å². The van der Waals surface area contributed by atoms with Crippen LogP contribution in [0.1, 0.15) is 48.4 Å². The lowest BCUT2D eigenvalue weighted by molar-refractivity contribution is -0.137. The molecule has 2 aromatic carbocycles. The van der Waals surface area contributed by atoms with Crippen molar-refractivity contribution in [1.82, 2.24) is 5.01 Å². The highest BCUT2D eigenvalue weighted by molar-refractivity contribution is 7.92. The Morgan fingerprint density at radius 3 is 2.42 bits per heavy atom. The number of nitrogens with zero attached hydrogens (tertiary/aromatic N) is 2. The third kappa shape index (κ3) is 5.91. The number of sulfonamides is 1. The Bertz CT molecular complexity index is 1110. The minimum atomic E-state index is -3.37. The fraction of sp³-hybridized carbons (Fsp3) is 0.318. The number of hydrogen-bond acceptors (Lipinski definition) is 5. The minimum Gasteiger partial charge on any atom is -0.481 e. The van der Waals surface area contributed by atoms with Crippen molar-refractivity contribution in [1.29, 1.82) is 0 Å². The van der Waals surface area contributed by atoms with Crippen molar-refractivity contribution in [3.8, 4) is 0 Å². The maximum atomic E-state index is 12.9. The number of carbonyl (C=O) groups is 2. The number of aliphatic carboxylic acids is 1. The second-order valence-corrected chi connectivity index (χ2v) is 9.31. The van der Waals surface area contributed by atoms with Gasteiger partial charge in [0.15, 0.2) is 0 Å². The smallest absolute Gasteiger partial charge is 0.303 e. The number of aryl methyl sites for hydroxylation is 1. The highest BCUT2D eigenvalue weighted by Crippen LogP contribution is 2.35. The molecule has 0 fully saturated rings. The minimum absolute atomic E-state index is 0.0695. The molecule has 1 heterocycles. The first-order chi connectivity index (χ1) is 14.6. The van der Waals surface area contributed by atoms with Crippen LogP contribution in [0.4, 0.5) is 5.69 Å². The standard InChI is InChI=1S/C22H25N3O5S/c1-15-6-3-4-7-18(15)20-14-19(23-25(20)21(26)8-5-9-22(27)28)16-10-12-17(13-11-16)24-31(2,29)30/h3-4,6-7,10-13,20,24H,5,8-9,14H2,1-2H3,(H,27,28)/t20-/m1/s1. The van der Waals surface area contributed by atoms with E-state index in [9.17, 15) is 18.0 Å². The van der Waals surface area contributed by atoms with E-state index in [2.05, 4.69) is 9.82 Å². The van der Waals surface area contributed by atoms with Crippen LogP contribution in [0.2, 0.25) is 0 Å². The number of carbonyl (C=O) groups excluding carboxylic acids is 1. The van der Waals surface area contributed by atoms with Crippen LogP contribution < -0.4 is 4.72 Å². The van der Waals surface area contributed by atoms with Crippen LogP contribution in [0.15, 0.2) is 53.6 Å². The Labute approximate surface area is 181 Å². The van der Waals surface area contributed by atoms with E-state index in [1.807, 2.05) is 31.2 Å². The van der Waals surface area contributed by atoms with Crippen LogP contribution in [-0.4, -0.2) is 42.4 Å². The van der Waals surface area contributed by atoms with Gasteiger partial charge in [0.1, 0.15) is 0 Å². The molecule has 0 radical (unpaired) electrons. The lowest BCUT2D eigenvalue weighted by Gasteiger charge is -2.23. The topological polar surface area (TPSA) is 116 Å². The summed E-state index contributed by atoms with van der Waals surface area (Å²) < 4.78 is 25.2. The normalized spacial score (nSPS) is 16.1. The summed E-state index contributed by atoms with van der Waals surface area (Å²) in [7, 11) is -3.37. The zero-order valence-electron chi connectivity index (χ0n) is 17.4. The van der Waals surface area contributed by atoms with Gasteiger partial charge < -0.3 is 5.11 Å². The molecular weight excluding hydrogens is 418 g/mol. The fourth-order valence-corrected chi connectivity index (χ4v) is 4.13. The van der Waals surface area contributed by atoms with Gasteiger partial charge in [0.25, 0.3) is 0 Å². The number of carboxylic acid groups (broad SMARTS) is 1.